The molecule has 0 spiro atoms. The van der Waals surface area contributed by atoms with Crippen LogP contribution in [0.15, 0.2) is 82.7 Å². The van der Waals surface area contributed by atoms with Crippen LogP contribution in [0.1, 0.15) is 93.3 Å². The Morgan fingerprint density at radius 1 is 0.903 bits per heavy atom. The lowest BCUT2D eigenvalue weighted by Gasteiger charge is -2.40. The topological polar surface area (TPSA) is 180 Å². The van der Waals surface area contributed by atoms with E-state index in [-0.39, 0.29) is 46.8 Å². The van der Waals surface area contributed by atoms with Crippen molar-refractivity contribution in [3.05, 3.63) is 106 Å². The molecule has 2 saturated heterocycles. The molecule has 5 amide bonds. The van der Waals surface area contributed by atoms with Gasteiger partial charge in [-0.2, -0.15) is 18.2 Å². The van der Waals surface area contributed by atoms with Gasteiger partial charge in [0.05, 0.1) is 16.8 Å². The molecule has 322 valence electrons. The van der Waals surface area contributed by atoms with Gasteiger partial charge in [0, 0.05) is 52.7 Å². The first-order valence-corrected chi connectivity index (χ1v) is 21.4. The molecule has 14 nitrogen and oxygen atoms in total. The highest BCUT2D eigenvalue weighted by molar-refractivity contribution is 7.10. The van der Waals surface area contributed by atoms with Gasteiger partial charge in [-0.25, -0.2) is 4.98 Å². The number of alkyl halides is 3. The van der Waals surface area contributed by atoms with Crippen LogP contribution >= 0.6 is 11.3 Å². The summed E-state index contributed by atoms with van der Waals surface area (Å²) in [4.78, 5) is 76.2. The van der Waals surface area contributed by atoms with Crippen molar-refractivity contribution < 1.29 is 41.7 Å². The molecule has 18 heteroatoms. The van der Waals surface area contributed by atoms with Crippen LogP contribution in [-0.2, 0) is 21.2 Å². The summed E-state index contributed by atoms with van der Waals surface area (Å²) in [6.45, 7) is 3.41. The largest absolute Gasteiger partial charge is 0.471 e. The molecule has 3 aliphatic heterocycles. The molecule has 0 aliphatic carbocycles. The van der Waals surface area contributed by atoms with Gasteiger partial charge in [0.1, 0.15) is 11.0 Å². The lowest BCUT2D eigenvalue weighted by Crippen LogP contribution is -2.54. The summed E-state index contributed by atoms with van der Waals surface area (Å²) >= 11 is 1.57. The van der Waals surface area contributed by atoms with Gasteiger partial charge in [-0.05, 0) is 76.0 Å². The highest BCUT2D eigenvalue weighted by atomic mass is 32.1. The summed E-state index contributed by atoms with van der Waals surface area (Å²) in [6.07, 6.45) is 0.633. The second-order valence-corrected chi connectivity index (χ2v) is 16.6. The Bertz CT molecular complexity index is 2480. The van der Waals surface area contributed by atoms with E-state index < -0.39 is 47.2 Å². The summed E-state index contributed by atoms with van der Waals surface area (Å²) in [5.41, 5.74) is 2.93. The standard InChI is InChI=1S/C44H43F3N8O6S/c45-44(46,47)41-52-36(53-61-41)28-12-8-13-29(24-28)37(57)49-26-43(42-50-32(25-62-42)27-10-4-3-5-11-27)18-22-54(23-19-43)21-7-2-1-6-20-48-31-15-9-14-30-35(31)40(60)55(39(30)59)33-16-17-34(56)51-38(33)58/h3-5,8-15,24-25,33,48H,1-2,6-7,16-23,26H2,(H,49,57)(H,51,56,58). The van der Waals surface area contributed by atoms with E-state index in [4.69, 9.17) is 4.98 Å². The van der Waals surface area contributed by atoms with Gasteiger partial charge in [0.15, 0.2) is 0 Å². The van der Waals surface area contributed by atoms with Gasteiger partial charge in [-0.3, -0.25) is 34.2 Å². The number of halogens is 3. The highest BCUT2D eigenvalue weighted by Gasteiger charge is 2.46. The predicted molar refractivity (Wildman–Crippen MR) is 222 cm³/mol. The van der Waals surface area contributed by atoms with E-state index in [1.54, 1.807) is 41.7 Å². The number of carbonyl (C=O) groups excluding carboxylic acids is 5. The minimum absolute atomic E-state index is 0.0582. The fourth-order valence-corrected chi connectivity index (χ4v) is 9.33. The minimum Gasteiger partial charge on any atom is -0.384 e. The molecule has 3 aliphatic rings. The van der Waals surface area contributed by atoms with Crippen molar-refractivity contribution in [1.29, 1.82) is 0 Å². The molecule has 2 aromatic heterocycles. The number of carbonyl (C=O) groups is 5. The molecule has 1 unspecified atom stereocenters. The first-order chi connectivity index (χ1) is 29.9. The van der Waals surface area contributed by atoms with Crippen LogP contribution in [0.2, 0.25) is 0 Å². The van der Waals surface area contributed by atoms with Crippen LogP contribution < -0.4 is 16.0 Å². The summed E-state index contributed by atoms with van der Waals surface area (Å²) < 4.78 is 43.6. The number of hydrogen-bond donors (Lipinski definition) is 3. The summed E-state index contributed by atoms with van der Waals surface area (Å²) in [7, 11) is 0. The Morgan fingerprint density at radius 2 is 1.66 bits per heavy atom. The summed E-state index contributed by atoms with van der Waals surface area (Å²) in [5.74, 6) is -4.25. The number of amides is 5. The lowest BCUT2D eigenvalue weighted by molar-refractivity contribution is -0.159. The first kappa shape index (κ1) is 42.4. The maximum Gasteiger partial charge on any atom is 0.471 e. The van der Waals surface area contributed by atoms with Gasteiger partial charge < -0.3 is 20.1 Å². The number of likely N-dealkylation sites (tertiary alicyclic amines) is 1. The van der Waals surface area contributed by atoms with Crippen molar-refractivity contribution in [2.24, 2.45) is 0 Å². The van der Waals surface area contributed by atoms with Crippen LogP contribution in [0.4, 0.5) is 18.9 Å². The minimum atomic E-state index is -4.79. The number of anilines is 1. The Labute approximate surface area is 358 Å². The fourth-order valence-electron chi connectivity index (χ4n) is 8.24. The molecule has 5 heterocycles. The Kier molecular flexibility index (Phi) is 12.3. The number of hydrogen-bond acceptors (Lipinski definition) is 12. The Balaban J connectivity index is 0.838. The number of thiazole rings is 1. The van der Waals surface area contributed by atoms with Crippen molar-refractivity contribution in [2.75, 3.05) is 38.0 Å². The average Bonchev–Trinajstić information content (AvgIpc) is 4.04. The molecule has 1 atom stereocenters. The van der Waals surface area contributed by atoms with E-state index in [1.807, 2.05) is 35.7 Å². The van der Waals surface area contributed by atoms with Crippen molar-refractivity contribution in [3.63, 3.8) is 0 Å². The monoisotopic (exact) mass is 868 g/mol. The number of aromatic nitrogens is 3. The van der Waals surface area contributed by atoms with Crippen molar-refractivity contribution in [3.8, 4) is 22.6 Å². The molecular formula is C44H43F3N8O6S. The highest BCUT2D eigenvalue weighted by Crippen LogP contribution is 2.39. The molecule has 5 aromatic rings. The molecule has 0 radical (unpaired) electrons. The van der Waals surface area contributed by atoms with Crippen LogP contribution in [0.25, 0.3) is 22.6 Å². The van der Waals surface area contributed by atoms with Gasteiger partial charge in [0.25, 0.3) is 17.7 Å². The van der Waals surface area contributed by atoms with E-state index in [1.165, 1.54) is 12.1 Å². The van der Waals surface area contributed by atoms with Crippen molar-refractivity contribution in [1.82, 2.24) is 35.6 Å². The van der Waals surface area contributed by atoms with Gasteiger partial charge in [-0.1, -0.05) is 66.5 Å². The van der Waals surface area contributed by atoms with E-state index in [2.05, 4.69) is 35.5 Å². The number of nitrogens with zero attached hydrogens (tertiary/aromatic N) is 5. The zero-order valence-electron chi connectivity index (χ0n) is 33.5. The number of unbranched alkanes of at least 4 members (excludes halogenated alkanes) is 3. The second kappa shape index (κ2) is 18.0. The molecule has 8 rings (SSSR count). The maximum absolute atomic E-state index is 13.6. The third kappa shape index (κ3) is 9.02. The SMILES string of the molecule is O=C1CCC(N2C(=O)c3cccc(NCCCCCCN4CCC(CNC(=O)c5cccc(-c6noc(C(F)(F)F)n6)c5)(c5nc(-c6ccccc6)cs5)CC4)c3C2=O)C(=O)N1. The van der Waals surface area contributed by atoms with Gasteiger partial charge >= 0.3 is 12.1 Å². The third-order valence-corrected chi connectivity index (χ3v) is 12.8. The number of rotatable bonds is 15. The number of fused-ring (bicyclic) bond motifs is 1. The Morgan fingerprint density at radius 3 is 2.42 bits per heavy atom. The molecule has 62 heavy (non-hydrogen) atoms. The zero-order chi connectivity index (χ0) is 43.4. The molecular weight excluding hydrogens is 826 g/mol. The maximum atomic E-state index is 13.6. The summed E-state index contributed by atoms with van der Waals surface area (Å²) in [6, 6.07) is 20.0. The third-order valence-electron chi connectivity index (χ3n) is 11.7. The van der Waals surface area contributed by atoms with Crippen molar-refractivity contribution >= 4 is 46.6 Å². The van der Waals surface area contributed by atoms with Gasteiger partial charge in [-0.15, -0.1) is 11.3 Å². The van der Waals surface area contributed by atoms with Crippen LogP contribution in [-0.4, -0.2) is 93.2 Å². The smallest absolute Gasteiger partial charge is 0.384 e. The molecule has 2 fully saturated rings. The van der Waals surface area contributed by atoms with Crippen molar-refractivity contribution in [2.45, 2.75) is 69.0 Å². The molecule has 0 saturated carbocycles. The molecule has 3 aromatic carbocycles. The Hall–Kier alpha value is -6.27. The normalized spacial score (nSPS) is 17.9. The fraction of sp³-hybridized carbons (Fsp3) is 0.364. The van der Waals surface area contributed by atoms with Gasteiger partial charge in [0.2, 0.25) is 17.6 Å². The zero-order valence-corrected chi connectivity index (χ0v) is 34.3. The average molecular weight is 869 g/mol. The molecule has 3 N–H and O–H groups in total. The first-order valence-electron chi connectivity index (χ1n) is 20.5. The van der Waals surface area contributed by atoms with E-state index in [9.17, 15) is 37.1 Å². The van der Waals surface area contributed by atoms with E-state index in [0.29, 0.717) is 18.8 Å². The van der Waals surface area contributed by atoms with Crippen LogP contribution in [0.3, 0.4) is 0 Å². The number of piperidine rings is 2. The van der Waals surface area contributed by atoms with Crippen LogP contribution in [0, 0.1) is 0 Å². The number of nitrogens with one attached hydrogen (secondary N) is 3. The quantitative estimate of drug-likeness (QED) is 0.0752. The predicted octanol–water partition coefficient (Wildman–Crippen LogP) is 6.72. The van der Waals surface area contributed by atoms with Crippen LogP contribution in [0.5, 0.6) is 0 Å². The lowest BCUT2D eigenvalue weighted by atomic mass is 9.78. The second-order valence-electron chi connectivity index (χ2n) is 15.7. The van der Waals surface area contributed by atoms with E-state index >= 15 is 0 Å². The summed E-state index contributed by atoms with van der Waals surface area (Å²) in [5, 5.41) is 15.1. The number of imide groups is 2. The molecule has 0 bridgehead atoms. The number of benzene rings is 3. The van der Waals surface area contributed by atoms with E-state index in [0.717, 1.165) is 79.3 Å².